The molecule has 6 nitrogen and oxygen atoms in total. The lowest BCUT2D eigenvalue weighted by molar-refractivity contribution is -0.274. The zero-order valence-electron chi connectivity index (χ0n) is 17.2. The fourth-order valence-corrected chi connectivity index (χ4v) is 3.90. The van der Waals surface area contributed by atoms with Crippen LogP contribution < -0.4 is 14.8 Å². The number of hydrogen-bond donors (Lipinski definition) is 2. The molecule has 2 aromatic carbocycles. The third kappa shape index (κ3) is 5.31. The number of carboxylic acid groups (broad SMARTS) is 1. The summed E-state index contributed by atoms with van der Waals surface area (Å²) in [4.78, 5) is 24.7. The zero-order valence-corrected chi connectivity index (χ0v) is 18.0. The van der Waals surface area contributed by atoms with Crippen molar-refractivity contribution < 1.29 is 37.3 Å². The number of fused-ring (bicyclic) bond motifs is 1. The molecule has 0 bridgehead atoms. The van der Waals surface area contributed by atoms with Crippen LogP contribution in [0.5, 0.6) is 11.5 Å². The van der Waals surface area contributed by atoms with Gasteiger partial charge in [0.25, 0.3) is 5.91 Å². The molecule has 3 rings (SSSR count). The lowest BCUT2D eigenvalue weighted by Gasteiger charge is -2.24. The van der Waals surface area contributed by atoms with Crippen LogP contribution in [0.3, 0.4) is 0 Å². The first-order chi connectivity index (χ1) is 15.0. The summed E-state index contributed by atoms with van der Waals surface area (Å²) < 4.78 is 47.5. The van der Waals surface area contributed by atoms with E-state index in [-0.39, 0.29) is 29.4 Å². The summed E-state index contributed by atoms with van der Waals surface area (Å²) in [5.41, 5.74) is -0.885. The van der Waals surface area contributed by atoms with Crippen molar-refractivity contribution in [2.75, 3.05) is 0 Å². The average Bonchev–Trinajstić information content (AvgIpc) is 3.10. The Morgan fingerprint density at radius 2 is 1.75 bits per heavy atom. The molecule has 32 heavy (non-hydrogen) atoms. The van der Waals surface area contributed by atoms with E-state index in [1.54, 1.807) is 25.1 Å². The van der Waals surface area contributed by atoms with E-state index < -0.39 is 23.8 Å². The molecule has 1 amide bonds. The van der Waals surface area contributed by atoms with E-state index in [1.807, 2.05) is 6.07 Å². The Labute approximate surface area is 185 Å². The number of carbonyl (C=O) groups excluding carboxylic acids is 1. The van der Waals surface area contributed by atoms with Gasteiger partial charge in [-0.1, -0.05) is 31.2 Å². The molecule has 1 aromatic heterocycles. The van der Waals surface area contributed by atoms with Gasteiger partial charge in [-0.15, -0.1) is 24.5 Å². The highest BCUT2D eigenvalue weighted by Gasteiger charge is 2.35. The smallest absolute Gasteiger partial charge is 0.487 e. The summed E-state index contributed by atoms with van der Waals surface area (Å²) in [6.07, 6.45) is -4.60. The van der Waals surface area contributed by atoms with Gasteiger partial charge < -0.3 is 19.9 Å². The van der Waals surface area contributed by atoms with Crippen LogP contribution in [0.1, 0.15) is 35.5 Å². The minimum atomic E-state index is -4.78. The minimum Gasteiger partial charge on any atom is -0.487 e. The van der Waals surface area contributed by atoms with E-state index in [0.29, 0.717) is 10.9 Å². The average molecular weight is 467 g/mol. The van der Waals surface area contributed by atoms with Gasteiger partial charge >= 0.3 is 12.3 Å². The van der Waals surface area contributed by atoms with Gasteiger partial charge in [-0.25, -0.2) is 4.79 Å². The maximum atomic E-state index is 12.9. The van der Waals surface area contributed by atoms with Crippen molar-refractivity contribution in [1.29, 1.82) is 0 Å². The second-order valence-corrected chi connectivity index (χ2v) is 8.23. The number of hydrogen-bond acceptors (Lipinski definition) is 5. The molecule has 2 N–H and O–H groups in total. The number of carboxylic acids is 1. The van der Waals surface area contributed by atoms with E-state index in [0.717, 1.165) is 16.0 Å². The van der Waals surface area contributed by atoms with Gasteiger partial charge in [-0.2, -0.15) is 0 Å². The Kier molecular flexibility index (Phi) is 6.63. The second-order valence-electron chi connectivity index (χ2n) is 7.18. The maximum absolute atomic E-state index is 12.9. The standard InChI is InChI=1S/C22H20F3NO5S/c1-3-21(2,20(28)29)26-19(27)18-17(15-6-4-5-7-16(15)32-18)30-12-13-8-10-14(11-9-13)31-22(23,24)25/h4-11H,3,12H2,1-2H3,(H,26,27)(H,28,29). The summed E-state index contributed by atoms with van der Waals surface area (Å²) in [5, 5.41) is 12.7. The van der Waals surface area contributed by atoms with Crippen molar-refractivity contribution in [3.8, 4) is 11.5 Å². The highest BCUT2D eigenvalue weighted by atomic mass is 32.1. The molecule has 1 unspecified atom stereocenters. The number of thiophene rings is 1. The number of benzene rings is 2. The lowest BCUT2D eigenvalue weighted by Crippen LogP contribution is -2.51. The van der Waals surface area contributed by atoms with Gasteiger partial charge in [0.1, 0.15) is 22.8 Å². The fraction of sp³-hybridized carbons (Fsp3) is 0.273. The van der Waals surface area contributed by atoms with Crippen molar-refractivity contribution in [3.63, 3.8) is 0 Å². The number of ether oxygens (including phenoxy) is 2. The summed E-state index contributed by atoms with van der Waals surface area (Å²) >= 11 is 1.16. The maximum Gasteiger partial charge on any atom is 0.573 e. The molecule has 0 aliphatic heterocycles. The molecule has 1 atom stereocenters. The van der Waals surface area contributed by atoms with Gasteiger partial charge in [-0.05, 0) is 43.2 Å². The quantitative estimate of drug-likeness (QED) is 0.466. The van der Waals surface area contributed by atoms with Gasteiger partial charge in [0.05, 0.1) is 0 Å². The summed E-state index contributed by atoms with van der Waals surface area (Å²) in [7, 11) is 0. The Hall–Kier alpha value is -3.27. The van der Waals surface area contributed by atoms with Crippen LogP contribution in [0.15, 0.2) is 48.5 Å². The molecule has 0 saturated carbocycles. The molecule has 0 aliphatic rings. The van der Waals surface area contributed by atoms with Crippen molar-refractivity contribution in [2.24, 2.45) is 0 Å². The van der Waals surface area contributed by atoms with E-state index in [1.165, 1.54) is 31.2 Å². The first-order valence-electron chi connectivity index (χ1n) is 9.57. The van der Waals surface area contributed by atoms with Gasteiger partial charge in [-0.3, -0.25) is 4.79 Å². The molecular formula is C22H20F3NO5S. The van der Waals surface area contributed by atoms with Crippen LogP contribution >= 0.6 is 11.3 Å². The van der Waals surface area contributed by atoms with Gasteiger partial charge in [0, 0.05) is 10.1 Å². The van der Waals surface area contributed by atoms with E-state index in [2.05, 4.69) is 10.1 Å². The van der Waals surface area contributed by atoms with Crippen molar-refractivity contribution in [2.45, 2.75) is 38.8 Å². The number of nitrogens with one attached hydrogen (secondary N) is 1. The van der Waals surface area contributed by atoms with Crippen LogP contribution in [0.2, 0.25) is 0 Å². The molecule has 10 heteroatoms. The zero-order chi connectivity index (χ0) is 23.5. The first-order valence-corrected chi connectivity index (χ1v) is 10.4. The molecule has 0 fully saturated rings. The monoisotopic (exact) mass is 467 g/mol. The van der Waals surface area contributed by atoms with Crippen LogP contribution in [0.4, 0.5) is 13.2 Å². The fourth-order valence-electron chi connectivity index (χ4n) is 2.86. The predicted octanol–water partition coefficient (Wildman–Crippen LogP) is 5.36. The topological polar surface area (TPSA) is 84.9 Å². The van der Waals surface area contributed by atoms with Gasteiger partial charge in [0.15, 0.2) is 5.75 Å². The molecular weight excluding hydrogens is 447 g/mol. The van der Waals surface area contributed by atoms with Crippen LogP contribution in [0, 0.1) is 0 Å². The number of amides is 1. The number of halogens is 3. The van der Waals surface area contributed by atoms with E-state index >= 15 is 0 Å². The largest absolute Gasteiger partial charge is 0.573 e. The third-order valence-corrected chi connectivity index (χ3v) is 6.02. The molecule has 1 heterocycles. The normalized spacial score (nSPS) is 13.4. The van der Waals surface area contributed by atoms with Crippen LogP contribution in [-0.2, 0) is 11.4 Å². The van der Waals surface area contributed by atoms with Crippen molar-refractivity contribution in [1.82, 2.24) is 5.32 Å². The molecule has 0 saturated heterocycles. The SMILES string of the molecule is CCC(C)(NC(=O)c1sc2ccccc2c1OCc1ccc(OC(F)(F)F)cc1)C(=O)O. The Morgan fingerprint density at radius 3 is 2.34 bits per heavy atom. The third-order valence-electron chi connectivity index (χ3n) is 4.86. The van der Waals surface area contributed by atoms with Gasteiger partial charge in [0.2, 0.25) is 0 Å². The van der Waals surface area contributed by atoms with E-state index in [4.69, 9.17) is 4.74 Å². The number of aliphatic carboxylic acids is 1. The molecule has 3 aromatic rings. The Balaban J connectivity index is 1.85. The molecule has 170 valence electrons. The van der Waals surface area contributed by atoms with Crippen molar-refractivity contribution >= 4 is 33.3 Å². The van der Waals surface area contributed by atoms with E-state index in [9.17, 15) is 27.9 Å². The summed E-state index contributed by atoms with van der Waals surface area (Å²) in [6, 6.07) is 12.4. The lowest BCUT2D eigenvalue weighted by atomic mass is 9.99. The Bertz CT molecular complexity index is 1130. The first kappa shape index (κ1) is 23.4. The second kappa shape index (κ2) is 9.07. The Morgan fingerprint density at radius 1 is 1.09 bits per heavy atom. The minimum absolute atomic E-state index is 0.0166. The molecule has 0 spiro atoms. The van der Waals surface area contributed by atoms with Crippen LogP contribution in [0.25, 0.3) is 10.1 Å². The number of alkyl halides is 3. The van der Waals surface area contributed by atoms with Crippen molar-refractivity contribution in [3.05, 3.63) is 59.0 Å². The summed E-state index contributed by atoms with van der Waals surface area (Å²) in [6.45, 7) is 3.06. The predicted molar refractivity (Wildman–Crippen MR) is 113 cm³/mol. The highest BCUT2D eigenvalue weighted by Crippen LogP contribution is 2.38. The number of carbonyl (C=O) groups is 2. The summed E-state index contributed by atoms with van der Waals surface area (Å²) in [5.74, 6) is -1.81. The molecule has 0 radical (unpaired) electrons. The van der Waals surface area contributed by atoms with Crippen LogP contribution in [-0.4, -0.2) is 28.9 Å². The number of rotatable bonds is 8. The molecule has 0 aliphatic carbocycles. The highest BCUT2D eigenvalue weighted by molar-refractivity contribution is 7.21.